The van der Waals surface area contributed by atoms with Crippen LogP contribution in [-0.4, -0.2) is 26.3 Å². The van der Waals surface area contributed by atoms with Gasteiger partial charge in [0.2, 0.25) is 0 Å². The zero-order chi connectivity index (χ0) is 18.4. The molecular formula is C20H20N4OS. The van der Waals surface area contributed by atoms with E-state index in [9.17, 15) is 4.79 Å². The minimum absolute atomic E-state index is 0.0940. The van der Waals surface area contributed by atoms with Crippen LogP contribution in [0.15, 0.2) is 35.3 Å². The second-order valence-electron chi connectivity index (χ2n) is 6.67. The molecule has 0 unspecified atom stereocenters. The highest BCUT2D eigenvalue weighted by Crippen LogP contribution is 2.39. The van der Waals surface area contributed by atoms with Gasteiger partial charge < -0.3 is 0 Å². The summed E-state index contributed by atoms with van der Waals surface area (Å²) in [5.74, 6) is 1.66. The monoisotopic (exact) mass is 364 g/mol. The number of aliphatic imine (C=N–C) groups is 1. The molecule has 0 radical (unpaired) electrons. The lowest BCUT2D eigenvalue weighted by molar-refractivity contribution is -0.117. The number of ketones is 1. The standard InChI is InChI=1S/C20H20N4OS/c1-11(25)10-16-19-23-22-14(4)24(19)20-17(12(2)13(3)26-20)18(21-16)15-8-6-5-7-9-15/h5-9,16H,10H2,1-4H3/t16-/m0/s1. The Hall–Kier alpha value is -2.60. The third kappa shape index (κ3) is 2.61. The molecule has 132 valence electrons. The number of hydrogen-bond donors (Lipinski definition) is 0. The minimum atomic E-state index is -0.330. The lowest BCUT2D eigenvalue weighted by Crippen LogP contribution is -2.09. The molecule has 5 nitrogen and oxygen atoms in total. The predicted molar refractivity (Wildman–Crippen MR) is 104 cm³/mol. The van der Waals surface area contributed by atoms with Crippen molar-refractivity contribution < 1.29 is 4.79 Å². The maximum Gasteiger partial charge on any atom is 0.163 e. The number of aryl methyl sites for hydroxylation is 2. The summed E-state index contributed by atoms with van der Waals surface area (Å²) >= 11 is 1.73. The van der Waals surface area contributed by atoms with Crippen LogP contribution in [0.5, 0.6) is 0 Å². The fourth-order valence-corrected chi connectivity index (χ4v) is 4.61. The molecule has 0 bridgehead atoms. The van der Waals surface area contributed by atoms with E-state index in [-0.39, 0.29) is 11.8 Å². The molecule has 1 aliphatic heterocycles. The van der Waals surface area contributed by atoms with Gasteiger partial charge in [0, 0.05) is 22.4 Å². The Bertz CT molecular complexity index is 1030. The Morgan fingerprint density at radius 3 is 2.58 bits per heavy atom. The fraction of sp³-hybridized carbons (Fsp3) is 0.300. The first kappa shape index (κ1) is 16.8. The Morgan fingerprint density at radius 1 is 1.15 bits per heavy atom. The Labute approximate surface area is 156 Å². The van der Waals surface area contributed by atoms with Gasteiger partial charge in [0.05, 0.1) is 5.71 Å². The van der Waals surface area contributed by atoms with Crippen LogP contribution in [0.25, 0.3) is 5.00 Å². The number of carbonyl (C=O) groups is 1. The Morgan fingerprint density at radius 2 is 1.88 bits per heavy atom. The van der Waals surface area contributed by atoms with E-state index in [4.69, 9.17) is 4.99 Å². The normalized spacial score (nSPS) is 15.8. The van der Waals surface area contributed by atoms with Crippen molar-refractivity contribution in [3.05, 3.63) is 63.5 Å². The first-order valence-electron chi connectivity index (χ1n) is 8.62. The van der Waals surface area contributed by atoms with Crippen LogP contribution in [-0.2, 0) is 4.79 Å². The number of fused-ring (bicyclic) bond motifs is 3. The molecule has 1 aromatic carbocycles. The van der Waals surface area contributed by atoms with Gasteiger partial charge in [-0.1, -0.05) is 30.3 Å². The van der Waals surface area contributed by atoms with Crippen LogP contribution in [0, 0.1) is 20.8 Å². The molecule has 0 saturated heterocycles. The van der Waals surface area contributed by atoms with Crippen molar-refractivity contribution in [2.75, 3.05) is 0 Å². The van der Waals surface area contributed by atoms with E-state index in [1.165, 1.54) is 10.4 Å². The van der Waals surface area contributed by atoms with Crippen LogP contribution < -0.4 is 0 Å². The van der Waals surface area contributed by atoms with Crippen molar-refractivity contribution in [3.63, 3.8) is 0 Å². The van der Waals surface area contributed by atoms with Crippen molar-refractivity contribution in [2.45, 2.75) is 40.2 Å². The van der Waals surface area contributed by atoms with Gasteiger partial charge in [-0.3, -0.25) is 14.4 Å². The van der Waals surface area contributed by atoms with E-state index in [0.29, 0.717) is 6.42 Å². The van der Waals surface area contributed by atoms with Crippen LogP contribution in [0.1, 0.15) is 52.6 Å². The maximum absolute atomic E-state index is 11.9. The van der Waals surface area contributed by atoms with Gasteiger partial charge >= 0.3 is 0 Å². The average Bonchev–Trinajstić information content (AvgIpc) is 3.08. The van der Waals surface area contributed by atoms with Crippen molar-refractivity contribution in [2.24, 2.45) is 4.99 Å². The van der Waals surface area contributed by atoms with E-state index >= 15 is 0 Å². The highest BCUT2D eigenvalue weighted by Gasteiger charge is 2.31. The number of hydrogen-bond acceptors (Lipinski definition) is 5. The van der Waals surface area contributed by atoms with Gasteiger partial charge in [0.25, 0.3) is 0 Å². The number of rotatable bonds is 3. The smallest absolute Gasteiger partial charge is 0.163 e. The third-order valence-electron chi connectivity index (χ3n) is 4.77. The molecular weight excluding hydrogens is 344 g/mol. The highest BCUT2D eigenvalue weighted by atomic mass is 32.1. The summed E-state index contributed by atoms with van der Waals surface area (Å²) in [6.45, 7) is 7.81. The zero-order valence-corrected chi connectivity index (χ0v) is 16.1. The molecule has 1 aliphatic rings. The van der Waals surface area contributed by atoms with E-state index < -0.39 is 0 Å². The Kier molecular flexibility index (Phi) is 4.07. The molecule has 1 atom stereocenters. The molecule has 0 spiro atoms. The quantitative estimate of drug-likeness (QED) is 0.702. The lowest BCUT2D eigenvalue weighted by atomic mass is 9.99. The first-order chi connectivity index (χ1) is 12.5. The number of aromatic nitrogens is 3. The fourth-order valence-electron chi connectivity index (χ4n) is 3.39. The number of benzene rings is 1. The summed E-state index contributed by atoms with van der Waals surface area (Å²) in [6, 6.07) is 9.84. The molecule has 2 aromatic heterocycles. The molecule has 3 heterocycles. The van der Waals surface area contributed by atoms with Crippen LogP contribution in [0.4, 0.5) is 0 Å². The molecule has 0 N–H and O–H groups in total. The number of carbonyl (C=O) groups excluding carboxylic acids is 1. The third-order valence-corrected chi connectivity index (χ3v) is 5.96. The van der Waals surface area contributed by atoms with Gasteiger partial charge in [-0.15, -0.1) is 21.5 Å². The summed E-state index contributed by atoms with van der Waals surface area (Å²) in [7, 11) is 0. The number of nitrogens with zero attached hydrogens (tertiary/aromatic N) is 4. The molecule has 3 aromatic rings. The first-order valence-corrected chi connectivity index (χ1v) is 9.44. The second-order valence-corrected chi connectivity index (χ2v) is 7.87. The van der Waals surface area contributed by atoms with Crippen molar-refractivity contribution in [1.29, 1.82) is 0 Å². The van der Waals surface area contributed by atoms with Crippen LogP contribution >= 0.6 is 11.3 Å². The summed E-state index contributed by atoms with van der Waals surface area (Å²) in [5, 5.41) is 9.74. The van der Waals surface area contributed by atoms with E-state index in [1.807, 2.05) is 25.1 Å². The van der Waals surface area contributed by atoms with Crippen molar-refractivity contribution >= 4 is 22.8 Å². The molecule has 6 heteroatoms. The van der Waals surface area contributed by atoms with Crippen molar-refractivity contribution in [3.8, 4) is 5.00 Å². The molecule has 26 heavy (non-hydrogen) atoms. The number of Topliss-reactive ketones (excluding diaryl/α,β-unsaturated/α-hetero) is 1. The minimum Gasteiger partial charge on any atom is -0.300 e. The highest BCUT2D eigenvalue weighted by molar-refractivity contribution is 7.15. The summed E-state index contributed by atoms with van der Waals surface area (Å²) in [6.07, 6.45) is 0.321. The molecule has 0 amide bonds. The molecule has 4 rings (SSSR count). The Balaban J connectivity index is 2.05. The average molecular weight is 364 g/mol. The summed E-state index contributed by atoms with van der Waals surface area (Å²) in [4.78, 5) is 18.2. The van der Waals surface area contributed by atoms with Crippen LogP contribution in [0.2, 0.25) is 0 Å². The molecule has 0 saturated carbocycles. The number of thiophene rings is 1. The van der Waals surface area contributed by atoms with Gasteiger partial charge in [0.1, 0.15) is 22.7 Å². The van der Waals surface area contributed by atoms with Crippen molar-refractivity contribution in [1.82, 2.24) is 14.8 Å². The summed E-state index contributed by atoms with van der Waals surface area (Å²) < 4.78 is 2.08. The van der Waals surface area contributed by atoms with Gasteiger partial charge in [-0.25, -0.2) is 0 Å². The SMILES string of the molecule is CC(=O)C[C@@H]1N=C(c2ccccc2)c2c(sc(C)c2C)-n2c(C)nnc21. The van der Waals surface area contributed by atoms with Crippen LogP contribution in [0.3, 0.4) is 0 Å². The van der Waals surface area contributed by atoms with Gasteiger partial charge in [0.15, 0.2) is 5.82 Å². The van der Waals surface area contributed by atoms with E-state index in [0.717, 1.165) is 33.5 Å². The maximum atomic E-state index is 11.9. The largest absolute Gasteiger partial charge is 0.300 e. The van der Waals surface area contributed by atoms with E-state index in [2.05, 4.69) is 40.7 Å². The second kappa shape index (κ2) is 6.29. The lowest BCUT2D eigenvalue weighted by Gasteiger charge is -2.11. The topological polar surface area (TPSA) is 60.1 Å². The molecule has 0 fully saturated rings. The van der Waals surface area contributed by atoms with Gasteiger partial charge in [-0.05, 0) is 33.3 Å². The molecule has 0 aliphatic carbocycles. The summed E-state index contributed by atoms with van der Waals surface area (Å²) in [5.41, 5.74) is 4.32. The zero-order valence-electron chi connectivity index (χ0n) is 15.3. The van der Waals surface area contributed by atoms with Gasteiger partial charge in [-0.2, -0.15) is 0 Å². The predicted octanol–water partition coefficient (Wildman–Crippen LogP) is 4.13. The van der Waals surface area contributed by atoms with E-state index in [1.54, 1.807) is 18.3 Å².